The van der Waals surface area contributed by atoms with E-state index in [9.17, 15) is 12.8 Å². The van der Waals surface area contributed by atoms with Crippen molar-refractivity contribution in [2.24, 2.45) is 0 Å². The Hall–Kier alpha value is -0.200. The van der Waals surface area contributed by atoms with E-state index in [1.165, 1.54) is 4.31 Å². The summed E-state index contributed by atoms with van der Waals surface area (Å²) in [5.41, 5.74) is 0. The maximum absolute atomic E-state index is 11.9. The van der Waals surface area contributed by atoms with Crippen LogP contribution in [0.15, 0.2) is 0 Å². The highest BCUT2D eigenvalue weighted by molar-refractivity contribution is 7.89. The molecule has 0 radical (unpaired) electrons. The molecule has 0 aromatic heterocycles. The summed E-state index contributed by atoms with van der Waals surface area (Å²) in [6.45, 7) is -0.607. The minimum absolute atomic E-state index is 0.112. The summed E-state index contributed by atoms with van der Waals surface area (Å²) in [5, 5.41) is 8.96. The fraction of sp³-hybridized carbons (Fsp3) is 1.00. The Morgan fingerprint density at radius 2 is 2.15 bits per heavy atom. The average Bonchev–Trinajstić information content (AvgIpc) is 2.08. The van der Waals surface area contributed by atoms with Crippen molar-refractivity contribution in [2.45, 2.75) is 18.9 Å². The highest BCUT2D eigenvalue weighted by atomic mass is 32.2. The first-order chi connectivity index (χ1) is 6.06. The number of nitrogens with zero attached hydrogens (tertiary/aromatic N) is 1. The van der Waals surface area contributed by atoms with Gasteiger partial charge in [-0.1, -0.05) is 0 Å². The Kier molecular flexibility index (Phi) is 3.63. The molecule has 1 fully saturated rings. The molecule has 13 heavy (non-hydrogen) atoms. The first kappa shape index (κ1) is 10.9. The van der Waals surface area contributed by atoms with Gasteiger partial charge in [0.2, 0.25) is 10.0 Å². The topological polar surface area (TPSA) is 57.6 Å². The Balaban J connectivity index is 2.56. The lowest BCUT2D eigenvalue weighted by Crippen LogP contribution is -2.42. The van der Waals surface area contributed by atoms with Gasteiger partial charge in [-0.05, 0) is 12.8 Å². The van der Waals surface area contributed by atoms with Crippen LogP contribution in [0.1, 0.15) is 12.8 Å². The monoisotopic (exact) mass is 211 g/mol. The van der Waals surface area contributed by atoms with Crippen LogP contribution in [0.3, 0.4) is 0 Å². The molecule has 78 valence electrons. The zero-order chi connectivity index (χ0) is 9.90. The molecule has 1 aliphatic heterocycles. The molecular weight excluding hydrogens is 197 g/mol. The van der Waals surface area contributed by atoms with Gasteiger partial charge >= 0.3 is 0 Å². The molecule has 0 saturated carbocycles. The van der Waals surface area contributed by atoms with E-state index in [1.807, 2.05) is 0 Å². The van der Waals surface area contributed by atoms with Gasteiger partial charge in [-0.3, -0.25) is 0 Å². The lowest BCUT2D eigenvalue weighted by molar-refractivity contribution is 0.115. The van der Waals surface area contributed by atoms with E-state index in [4.69, 9.17) is 5.11 Å². The quantitative estimate of drug-likeness (QED) is 0.700. The van der Waals surface area contributed by atoms with Crippen molar-refractivity contribution in [2.75, 3.05) is 25.5 Å². The third kappa shape index (κ3) is 2.89. The van der Waals surface area contributed by atoms with Crippen molar-refractivity contribution in [1.29, 1.82) is 0 Å². The van der Waals surface area contributed by atoms with Gasteiger partial charge < -0.3 is 5.11 Å². The predicted molar refractivity (Wildman–Crippen MR) is 46.6 cm³/mol. The van der Waals surface area contributed by atoms with Gasteiger partial charge in [-0.2, -0.15) is 4.31 Å². The summed E-state index contributed by atoms with van der Waals surface area (Å²) >= 11 is 0. The van der Waals surface area contributed by atoms with Crippen molar-refractivity contribution >= 4 is 10.0 Å². The van der Waals surface area contributed by atoms with E-state index in [1.54, 1.807) is 0 Å². The molecule has 4 nitrogen and oxygen atoms in total. The molecule has 0 aliphatic carbocycles. The molecule has 1 unspecified atom stereocenters. The van der Waals surface area contributed by atoms with Crippen LogP contribution >= 0.6 is 0 Å². The van der Waals surface area contributed by atoms with Gasteiger partial charge in [0, 0.05) is 13.1 Å². The largest absolute Gasteiger partial charge is 0.389 e. The smallest absolute Gasteiger partial charge is 0.214 e. The van der Waals surface area contributed by atoms with E-state index < -0.39 is 22.8 Å². The normalized spacial score (nSPS) is 25.7. The van der Waals surface area contributed by atoms with E-state index in [0.717, 1.165) is 6.42 Å². The molecule has 1 rings (SSSR count). The Bertz CT molecular complexity index is 254. The maximum Gasteiger partial charge on any atom is 0.214 e. The molecule has 1 atom stereocenters. The van der Waals surface area contributed by atoms with Gasteiger partial charge in [-0.15, -0.1) is 0 Å². The summed E-state index contributed by atoms with van der Waals surface area (Å²) in [4.78, 5) is 0. The van der Waals surface area contributed by atoms with Crippen LogP contribution in [0.5, 0.6) is 0 Å². The van der Waals surface area contributed by atoms with Gasteiger partial charge in [0.25, 0.3) is 0 Å². The third-order valence-corrected chi connectivity index (χ3v) is 3.97. The van der Waals surface area contributed by atoms with Crippen molar-refractivity contribution < 1.29 is 17.9 Å². The molecule has 1 saturated heterocycles. The molecule has 0 amide bonds. The zero-order valence-electron chi connectivity index (χ0n) is 7.32. The second-order valence-corrected chi connectivity index (χ2v) is 5.28. The molecule has 0 aromatic carbocycles. The Labute approximate surface area is 77.4 Å². The van der Waals surface area contributed by atoms with Crippen LogP contribution in [-0.2, 0) is 10.0 Å². The van der Waals surface area contributed by atoms with Crippen LogP contribution in [-0.4, -0.2) is 49.5 Å². The summed E-state index contributed by atoms with van der Waals surface area (Å²) in [5.74, 6) is 0.117. The highest BCUT2D eigenvalue weighted by Gasteiger charge is 2.27. The molecule has 1 heterocycles. The molecule has 0 spiro atoms. The van der Waals surface area contributed by atoms with Gasteiger partial charge in [0.1, 0.15) is 6.67 Å². The van der Waals surface area contributed by atoms with Crippen LogP contribution < -0.4 is 0 Å². The van der Waals surface area contributed by atoms with E-state index in [2.05, 4.69) is 0 Å². The standard InChI is InChI=1S/C7H14FNO3S/c8-5-7(10)6-9-3-1-2-4-13(9,11)12/h7,10H,1-6H2. The number of aliphatic hydroxyl groups is 1. The van der Waals surface area contributed by atoms with Crippen LogP contribution in [0, 0.1) is 0 Å². The van der Waals surface area contributed by atoms with Crippen molar-refractivity contribution in [1.82, 2.24) is 4.31 Å². The summed E-state index contributed by atoms with van der Waals surface area (Å²) in [6, 6.07) is 0. The SMILES string of the molecule is O=S1(=O)CCCCN1CC(O)CF. The zero-order valence-corrected chi connectivity index (χ0v) is 8.13. The van der Waals surface area contributed by atoms with Crippen LogP contribution in [0.2, 0.25) is 0 Å². The Morgan fingerprint density at radius 3 is 2.69 bits per heavy atom. The number of hydrogen-bond donors (Lipinski definition) is 1. The Morgan fingerprint density at radius 1 is 1.46 bits per heavy atom. The molecular formula is C7H14FNO3S. The number of alkyl halides is 1. The second kappa shape index (κ2) is 4.34. The van der Waals surface area contributed by atoms with Crippen molar-refractivity contribution in [3.8, 4) is 0 Å². The minimum Gasteiger partial charge on any atom is -0.389 e. The van der Waals surface area contributed by atoms with Crippen LogP contribution in [0.25, 0.3) is 0 Å². The molecule has 6 heteroatoms. The van der Waals surface area contributed by atoms with Gasteiger partial charge in [-0.25, -0.2) is 12.8 Å². The van der Waals surface area contributed by atoms with Crippen molar-refractivity contribution in [3.63, 3.8) is 0 Å². The average molecular weight is 211 g/mol. The number of halogens is 1. The van der Waals surface area contributed by atoms with E-state index in [-0.39, 0.29) is 12.3 Å². The molecule has 0 bridgehead atoms. The van der Waals surface area contributed by atoms with Gasteiger partial charge in [0.05, 0.1) is 11.9 Å². The van der Waals surface area contributed by atoms with Crippen LogP contribution in [0.4, 0.5) is 4.39 Å². The predicted octanol–water partition coefficient (Wildman–Crippen LogP) is -0.258. The summed E-state index contributed by atoms with van der Waals surface area (Å²) < 4.78 is 35.7. The third-order valence-electron chi connectivity index (χ3n) is 2.05. The van der Waals surface area contributed by atoms with Gasteiger partial charge in [0.15, 0.2) is 0 Å². The minimum atomic E-state index is -3.22. The lowest BCUT2D eigenvalue weighted by Gasteiger charge is -2.27. The first-order valence-corrected chi connectivity index (χ1v) is 5.89. The fourth-order valence-corrected chi connectivity index (χ4v) is 2.96. The maximum atomic E-state index is 11.9. The molecule has 0 aromatic rings. The molecule has 1 aliphatic rings. The summed E-state index contributed by atoms with van der Waals surface area (Å²) in [6.07, 6.45) is 0.260. The fourth-order valence-electron chi connectivity index (χ4n) is 1.33. The van der Waals surface area contributed by atoms with E-state index >= 15 is 0 Å². The van der Waals surface area contributed by atoms with E-state index in [0.29, 0.717) is 13.0 Å². The molecule has 1 N–H and O–H groups in total. The number of β-amino-alcohol motifs (C(OH)–C–C–N with tert-alkyl or cyclic N) is 1. The van der Waals surface area contributed by atoms with Crippen molar-refractivity contribution in [3.05, 3.63) is 0 Å². The second-order valence-electron chi connectivity index (χ2n) is 3.19. The highest BCUT2D eigenvalue weighted by Crippen LogP contribution is 2.13. The summed E-state index contributed by atoms with van der Waals surface area (Å²) in [7, 11) is -3.22. The number of aliphatic hydroxyl groups excluding tert-OH is 1. The lowest BCUT2D eigenvalue weighted by atomic mass is 10.3. The number of rotatable bonds is 3. The number of hydrogen-bond acceptors (Lipinski definition) is 3. The first-order valence-electron chi connectivity index (χ1n) is 4.28. The number of sulfonamides is 1.